The molecule has 0 spiro atoms. The lowest BCUT2D eigenvalue weighted by atomic mass is 10.0. The van der Waals surface area contributed by atoms with Crippen molar-refractivity contribution in [2.24, 2.45) is 0 Å². The van der Waals surface area contributed by atoms with Crippen LogP contribution < -0.4 is 18.9 Å². The first-order chi connectivity index (χ1) is 13.5. The molecule has 0 fully saturated rings. The van der Waals surface area contributed by atoms with Crippen LogP contribution in [0, 0.1) is 0 Å². The number of ketones is 2. The minimum Gasteiger partial charge on any atom is -0.490 e. The molecule has 0 saturated heterocycles. The van der Waals surface area contributed by atoms with Gasteiger partial charge in [-0.2, -0.15) is 0 Å². The second kappa shape index (κ2) is 10.3. The Kier molecular flexibility index (Phi) is 7.87. The van der Waals surface area contributed by atoms with E-state index in [9.17, 15) is 9.59 Å². The van der Waals surface area contributed by atoms with Gasteiger partial charge in [-0.15, -0.1) is 0 Å². The van der Waals surface area contributed by atoms with Crippen LogP contribution in [0.4, 0.5) is 0 Å². The topological polar surface area (TPSA) is 71.1 Å². The fraction of sp³-hybridized carbons (Fsp3) is 0.364. The molecule has 0 radical (unpaired) electrons. The van der Waals surface area contributed by atoms with Gasteiger partial charge in [-0.05, 0) is 64.1 Å². The number of rotatable bonds is 11. The van der Waals surface area contributed by atoms with Crippen molar-refractivity contribution in [2.75, 3.05) is 26.4 Å². The maximum Gasteiger partial charge on any atom is 0.233 e. The highest BCUT2D eigenvalue weighted by Gasteiger charge is 2.22. The van der Waals surface area contributed by atoms with Gasteiger partial charge in [-0.3, -0.25) is 9.59 Å². The lowest BCUT2D eigenvalue weighted by Gasteiger charge is -2.13. The molecule has 2 aromatic rings. The number of hydrogen-bond donors (Lipinski definition) is 0. The van der Waals surface area contributed by atoms with Crippen molar-refractivity contribution < 1.29 is 28.5 Å². The molecule has 6 nitrogen and oxygen atoms in total. The lowest BCUT2D eigenvalue weighted by Crippen LogP contribution is -2.15. The highest BCUT2D eigenvalue weighted by molar-refractivity contribution is 6.49. The third-order valence-corrected chi connectivity index (χ3v) is 3.82. The van der Waals surface area contributed by atoms with Crippen molar-refractivity contribution in [2.45, 2.75) is 27.7 Å². The number of Topliss-reactive ketones (excluding diaryl/α,β-unsaturated/α-hetero) is 2. The van der Waals surface area contributed by atoms with Crippen LogP contribution in [0.25, 0.3) is 0 Å². The molecule has 28 heavy (non-hydrogen) atoms. The Hall–Kier alpha value is -3.02. The van der Waals surface area contributed by atoms with Crippen molar-refractivity contribution in [3.63, 3.8) is 0 Å². The minimum atomic E-state index is -0.629. The van der Waals surface area contributed by atoms with Crippen LogP contribution >= 0.6 is 0 Å². The molecule has 0 unspecified atom stereocenters. The van der Waals surface area contributed by atoms with Crippen molar-refractivity contribution in [3.05, 3.63) is 47.5 Å². The molecule has 150 valence electrons. The molecule has 0 aliphatic heterocycles. The number of carbonyl (C=O) groups excluding carboxylic acids is 2. The predicted octanol–water partition coefficient (Wildman–Crippen LogP) is 4.35. The van der Waals surface area contributed by atoms with E-state index in [-0.39, 0.29) is 11.1 Å². The van der Waals surface area contributed by atoms with Crippen LogP contribution in [-0.2, 0) is 0 Å². The number of ether oxygens (including phenoxy) is 4. The van der Waals surface area contributed by atoms with Gasteiger partial charge in [0.25, 0.3) is 0 Å². The maximum absolute atomic E-state index is 12.7. The van der Waals surface area contributed by atoms with Gasteiger partial charge >= 0.3 is 0 Å². The summed E-state index contributed by atoms with van der Waals surface area (Å²) in [6.45, 7) is 9.18. The summed E-state index contributed by atoms with van der Waals surface area (Å²) in [6, 6.07) is 9.47. The maximum atomic E-state index is 12.7. The molecule has 6 heteroatoms. The molecule has 0 heterocycles. The normalized spacial score (nSPS) is 10.3. The van der Waals surface area contributed by atoms with Crippen LogP contribution in [0.1, 0.15) is 48.4 Å². The van der Waals surface area contributed by atoms with E-state index in [0.717, 1.165) is 0 Å². The van der Waals surface area contributed by atoms with E-state index >= 15 is 0 Å². The summed E-state index contributed by atoms with van der Waals surface area (Å²) < 4.78 is 22.1. The molecule has 2 rings (SSSR count). The second-order valence-electron chi connectivity index (χ2n) is 5.71. The van der Waals surface area contributed by atoms with Gasteiger partial charge < -0.3 is 18.9 Å². The highest BCUT2D eigenvalue weighted by atomic mass is 16.5. The minimum absolute atomic E-state index is 0.240. The van der Waals surface area contributed by atoms with Crippen LogP contribution in [0.15, 0.2) is 36.4 Å². The first kappa shape index (κ1) is 21.3. The standard InChI is InChI=1S/C22H26O6/c1-5-25-17-11-9-15(13-19(17)27-7-3)21(23)22(24)16-10-12-18(26-6-2)20(14-16)28-8-4/h9-14H,5-8H2,1-4H3. The molecule has 0 N–H and O–H groups in total. The van der Waals surface area contributed by atoms with Crippen molar-refractivity contribution in [1.82, 2.24) is 0 Å². The molecule has 0 bridgehead atoms. The number of benzene rings is 2. The number of hydrogen-bond acceptors (Lipinski definition) is 6. The first-order valence-corrected chi connectivity index (χ1v) is 9.43. The zero-order chi connectivity index (χ0) is 20.5. The Morgan fingerprint density at radius 2 is 0.893 bits per heavy atom. The molecule has 0 saturated carbocycles. The molecule has 0 aliphatic carbocycles. The predicted molar refractivity (Wildman–Crippen MR) is 106 cm³/mol. The number of carbonyl (C=O) groups is 2. The van der Waals surface area contributed by atoms with Crippen LogP contribution in [0.3, 0.4) is 0 Å². The van der Waals surface area contributed by atoms with E-state index in [1.165, 1.54) is 12.1 Å². The van der Waals surface area contributed by atoms with Gasteiger partial charge in [0.1, 0.15) is 0 Å². The summed E-state index contributed by atoms with van der Waals surface area (Å²) in [5, 5.41) is 0. The van der Waals surface area contributed by atoms with Gasteiger partial charge in [0.15, 0.2) is 23.0 Å². The van der Waals surface area contributed by atoms with Crippen molar-refractivity contribution >= 4 is 11.6 Å². The van der Waals surface area contributed by atoms with Gasteiger partial charge in [-0.1, -0.05) is 0 Å². The Labute approximate surface area is 165 Å². The van der Waals surface area contributed by atoms with Gasteiger partial charge in [0, 0.05) is 11.1 Å². The van der Waals surface area contributed by atoms with Crippen LogP contribution in [0.5, 0.6) is 23.0 Å². The van der Waals surface area contributed by atoms with Crippen molar-refractivity contribution in [3.8, 4) is 23.0 Å². The molecule has 0 aromatic heterocycles. The first-order valence-electron chi connectivity index (χ1n) is 9.43. The van der Waals surface area contributed by atoms with E-state index in [1.807, 2.05) is 27.7 Å². The van der Waals surface area contributed by atoms with E-state index < -0.39 is 11.6 Å². The summed E-state index contributed by atoms with van der Waals surface area (Å²) in [5.41, 5.74) is 0.479. The largest absolute Gasteiger partial charge is 0.490 e. The highest BCUT2D eigenvalue weighted by Crippen LogP contribution is 2.31. The summed E-state index contributed by atoms with van der Waals surface area (Å²) in [5.74, 6) is 0.682. The molecule has 2 aromatic carbocycles. The Morgan fingerprint density at radius 3 is 1.21 bits per heavy atom. The van der Waals surface area contributed by atoms with Gasteiger partial charge in [0.2, 0.25) is 11.6 Å². The summed E-state index contributed by atoms with van der Waals surface area (Å²) in [6.07, 6.45) is 0. The second-order valence-corrected chi connectivity index (χ2v) is 5.71. The lowest BCUT2D eigenvalue weighted by molar-refractivity contribution is 0.0816. The zero-order valence-electron chi connectivity index (χ0n) is 16.7. The SMILES string of the molecule is CCOc1ccc(C(=O)C(=O)c2ccc(OCC)c(OCC)c2)cc1OCC. The molecular weight excluding hydrogens is 360 g/mol. The molecule has 0 aliphatic rings. The Balaban J connectivity index is 2.32. The van der Waals surface area contributed by atoms with E-state index in [4.69, 9.17) is 18.9 Å². The van der Waals surface area contributed by atoms with E-state index in [0.29, 0.717) is 49.4 Å². The average Bonchev–Trinajstić information content (AvgIpc) is 2.70. The monoisotopic (exact) mass is 386 g/mol. The fourth-order valence-electron chi connectivity index (χ4n) is 2.65. The quantitative estimate of drug-likeness (QED) is 0.422. The van der Waals surface area contributed by atoms with Crippen LogP contribution in [-0.4, -0.2) is 38.0 Å². The fourth-order valence-corrected chi connectivity index (χ4v) is 2.65. The van der Waals surface area contributed by atoms with E-state index in [1.54, 1.807) is 24.3 Å². The molecule has 0 amide bonds. The molecule has 0 atom stereocenters. The smallest absolute Gasteiger partial charge is 0.233 e. The summed E-state index contributed by atoms with van der Waals surface area (Å²) in [4.78, 5) is 25.5. The Bertz CT molecular complexity index is 758. The average molecular weight is 386 g/mol. The third-order valence-electron chi connectivity index (χ3n) is 3.82. The van der Waals surface area contributed by atoms with Crippen molar-refractivity contribution in [1.29, 1.82) is 0 Å². The van der Waals surface area contributed by atoms with Gasteiger partial charge in [0.05, 0.1) is 26.4 Å². The van der Waals surface area contributed by atoms with Crippen LogP contribution in [0.2, 0.25) is 0 Å². The third kappa shape index (κ3) is 5.03. The molecular formula is C22H26O6. The summed E-state index contributed by atoms with van der Waals surface area (Å²) >= 11 is 0. The Morgan fingerprint density at radius 1 is 0.571 bits per heavy atom. The summed E-state index contributed by atoms with van der Waals surface area (Å²) in [7, 11) is 0. The zero-order valence-corrected chi connectivity index (χ0v) is 16.7. The van der Waals surface area contributed by atoms with Gasteiger partial charge in [-0.25, -0.2) is 0 Å². The van der Waals surface area contributed by atoms with E-state index in [2.05, 4.69) is 0 Å².